The number of ether oxygens (including phenoxy) is 1. The van der Waals surface area contributed by atoms with E-state index in [-0.39, 0.29) is 24.0 Å². The molecule has 3 saturated heterocycles. The van der Waals surface area contributed by atoms with Crippen molar-refractivity contribution < 1.29 is 27.5 Å². The molecule has 3 aliphatic heterocycles. The Labute approximate surface area is 170 Å². The molecule has 3 amide bonds. The second-order valence-corrected chi connectivity index (χ2v) is 9.20. The number of likely N-dealkylation sites (tertiary alicyclic amines) is 2. The Morgan fingerprint density at radius 1 is 1.17 bits per heavy atom. The number of morpholine rings is 1. The van der Waals surface area contributed by atoms with Crippen molar-refractivity contribution >= 4 is 11.9 Å². The lowest BCUT2D eigenvalue weighted by Crippen LogP contribution is -2.78. The molecule has 4 fully saturated rings. The zero-order chi connectivity index (χ0) is 21.1. The topological polar surface area (TPSA) is 87.7 Å². The Bertz CT molecular complexity index is 855. The summed E-state index contributed by atoms with van der Waals surface area (Å²) >= 11 is 0. The Morgan fingerprint density at radius 3 is 2.47 bits per heavy atom. The molecule has 5 rings (SSSR count). The molecule has 30 heavy (non-hydrogen) atoms. The molecular formula is C19H22F3N5O3. The third-order valence-electron chi connectivity index (χ3n) is 6.55. The lowest BCUT2D eigenvalue weighted by Gasteiger charge is -2.61. The van der Waals surface area contributed by atoms with Crippen LogP contribution in [0.2, 0.25) is 0 Å². The van der Waals surface area contributed by atoms with E-state index in [9.17, 15) is 22.8 Å². The summed E-state index contributed by atoms with van der Waals surface area (Å²) in [5.41, 5.74) is -0.711. The molecular weight excluding hydrogens is 403 g/mol. The number of alkyl halides is 3. The number of aromatic nitrogens is 2. The normalized spacial score (nSPS) is 24.8. The first-order valence-electron chi connectivity index (χ1n) is 9.98. The molecule has 0 atom stereocenters. The number of hydrogen-bond acceptors (Lipinski definition) is 5. The highest BCUT2D eigenvalue weighted by molar-refractivity contribution is 5.81. The number of nitrogens with one attached hydrogen (secondary N) is 1. The number of halogens is 3. The van der Waals surface area contributed by atoms with Crippen LogP contribution in [-0.2, 0) is 22.1 Å². The smallest absolute Gasteiger partial charge is 0.369 e. The first kappa shape index (κ1) is 19.5. The third kappa shape index (κ3) is 3.38. The van der Waals surface area contributed by atoms with E-state index in [4.69, 9.17) is 4.74 Å². The van der Waals surface area contributed by atoms with Crippen LogP contribution in [0, 0.1) is 11.3 Å². The molecule has 1 aromatic heterocycles. The van der Waals surface area contributed by atoms with E-state index in [1.54, 1.807) is 4.90 Å². The van der Waals surface area contributed by atoms with Crippen LogP contribution in [0.25, 0.3) is 0 Å². The van der Waals surface area contributed by atoms with Gasteiger partial charge in [0.05, 0.1) is 17.8 Å². The molecule has 2 spiro atoms. The summed E-state index contributed by atoms with van der Waals surface area (Å²) in [7, 11) is 0. The third-order valence-corrected chi connectivity index (χ3v) is 6.55. The van der Waals surface area contributed by atoms with Gasteiger partial charge in [0.25, 0.3) is 0 Å². The Morgan fingerprint density at radius 2 is 1.87 bits per heavy atom. The highest BCUT2D eigenvalue weighted by Crippen LogP contribution is 2.53. The maximum absolute atomic E-state index is 12.6. The number of amides is 3. The van der Waals surface area contributed by atoms with Crippen LogP contribution in [0.3, 0.4) is 0 Å². The number of hydrogen-bond donors (Lipinski definition) is 1. The van der Waals surface area contributed by atoms with Gasteiger partial charge in [0.2, 0.25) is 5.91 Å². The number of carbonyl (C=O) groups is 2. The zero-order valence-corrected chi connectivity index (χ0v) is 16.2. The van der Waals surface area contributed by atoms with Crippen molar-refractivity contribution in [3.05, 3.63) is 23.5 Å². The Balaban J connectivity index is 1.06. The largest absolute Gasteiger partial charge is 0.435 e. The summed E-state index contributed by atoms with van der Waals surface area (Å²) in [4.78, 5) is 27.7. The van der Waals surface area contributed by atoms with Gasteiger partial charge in [0, 0.05) is 31.6 Å². The average molecular weight is 425 g/mol. The van der Waals surface area contributed by atoms with Crippen LogP contribution in [-0.4, -0.2) is 76.9 Å². The summed E-state index contributed by atoms with van der Waals surface area (Å²) < 4.78 is 43.0. The lowest BCUT2D eigenvalue weighted by molar-refractivity contribution is -0.143. The van der Waals surface area contributed by atoms with Crippen molar-refractivity contribution in [2.24, 2.45) is 11.3 Å². The summed E-state index contributed by atoms with van der Waals surface area (Å²) in [5.74, 6) is 0.213. The monoisotopic (exact) mass is 425 g/mol. The van der Waals surface area contributed by atoms with Crippen LogP contribution in [0.4, 0.5) is 18.0 Å². The average Bonchev–Trinajstić information content (AvgIpc) is 2.59. The van der Waals surface area contributed by atoms with Crippen LogP contribution >= 0.6 is 0 Å². The minimum atomic E-state index is -4.47. The van der Waals surface area contributed by atoms with Gasteiger partial charge in [-0.05, 0) is 37.3 Å². The number of nitrogens with zero attached hydrogens (tertiary/aromatic N) is 4. The quantitative estimate of drug-likeness (QED) is 0.766. The summed E-state index contributed by atoms with van der Waals surface area (Å²) in [6.07, 6.45) is -1.99. The van der Waals surface area contributed by atoms with E-state index in [1.807, 2.05) is 4.90 Å². The van der Waals surface area contributed by atoms with Crippen LogP contribution in [0.5, 0.6) is 0 Å². The molecule has 1 aliphatic carbocycles. The molecule has 1 N–H and O–H groups in total. The van der Waals surface area contributed by atoms with Gasteiger partial charge in [0.15, 0.2) is 5.69 Å². The maximum Gasteiger partial charge on any atom is 0.435 e. The minimum absolute atomic E-state index is 0.0110. The van der Waals surface area contributed by atoms with Gasteiger partial charge in [0.1, 0.15) is 6.61 Å². The van der Waals surface area contributed by atoms with Crippen LogP contribution < -0.4 is 5.32 Å². The first-order chi connectivity index (χ1) is 14.2. The second kappa shape index (κ2) is 6.53. The first-order valence-corrected chi connectivity index (χ1v) is 9.98. The van der Waals surface area contributed by atoms with Gasteiger partial charge >= 0.3 is 12.2 Å². The molecule has 8 nitrogen and oxygen atoms in total. The zero-order valence-electron chi connectivity index (χ0n) is 16.2. The highest BCUT2D eigenvalue weighted by Gasteiger charge is 2.56. The second-order valence-electron chi connectivity index (χ2n) is 9.20. The molecule has 1 aromatic rings. The van der Waals surface area contributed by atoms with Gasteiger partial charge in [-0.1, -0.05) is 0 Å². The van der Waals surface area contributed by atoms with Gasteiger partial charge < -0.3 is 19.9 Å². The van der Waals surface area contributed by atoms with E-state index in [1.165, 1.54) is 6.07 Å². The fourth-order valence-corrected chi connectivity index (χ4v) is 5.28. The van der Waals surface area contributed by atoms with Crippen LogP contribution in [0.15, 0.2) is 12.1 Å². The van der Waals surface area contributed by atoms with Gasteiger partial charge in [-0.2, -0.15) is 18.3 Å². The van der Waals surface area contributed by atoms with Crippen molar-refractivity contribution in [1.82, 2.24) is 25.3 Å². The van der Waals surface area contributed by atoms with E-state index < -0.39 is 17.4 Å². The van der Waals surface area contributed by atoms with Crippen molar-refractivity contribution in [1.29, 1.82) is 0 Å². The Kier molecular flexibility index (Phi) is 4.25. The molecule has 11 heteroatoms. The number of urea groups is 1. The van der Waals surface area contributed by atoms with Crippen LogP contribution in [0.1, 0.15) is 24.2 Å². The predicted octanol–water partition coefficient (Wildman–Crippen LogP) is 1.07. The van der Waals surface area contributed by atoms with E-state index in [2.05, 4.69) is 15.5 Å². The molecule has 162 valence electrons. The lowest BCUT2D eigenvalue weighted by atomic mass is 9.57. The standard InChI is InChI=1S/C19H22F3N5O3/c20-19(21,22)14-2-1-13(24-25-14)3-12-4-17(5-12)7-26(8-17)16(29)27-9-18(10-27)11-30-6-15(28)23-18/h1-2,12H,3-11H2,(H,23,28). The molecule has 4 aliphatic rings. The minimum Gasteiger partial charge on any atom is -0.369 e. The van der Waals surface area contributed by atoms with Crippen molar-refractivity contribution in [2.75, 3.05) is 39.4 Å². The van der Waals surface area contributed by atoms with E-state index in [0.29, 0.717) is 50.8 Å². The number of carbonyl (C=O) groups excluding carboxylic acids is 2. The van der Waals surface area contributed by atoms with Crippen molar-refractivity contribution in [3.8, 4) is 0 Å². The Hall–Kier alpha value is -2.43. The summed E-state index contributed by atoms with van der Waals surface area (Å²) in [5, 5.41) is 9.90. The fraction of sp³-hybridized carbons (Fsp3) is 0.684. The molecule has 0 radical (unpaired) electrons. The SMILES string of the molecule is O=C1COCC2(CN(C(=O)N3CC4(CC(Cc5ccc(C(F)(F)F)nn5)C4)C3)C2)N1. The molecule has 4 heterocycles. The summed E-state index contributed by atoms with van der Waals surface area (Å²) in [6, 6.07) is 2.36. The van der Waals surface area contributed by atoms with E-state index in [0.717, 1.165) is 18.9 Å². The fourth-order valence-electron chi connectivity index (χ4n) is 5.28. The van der Waals surface area contributed by atoms with E-state index >= 15 is 0 Å². The summed E-state index contributed by atoms with van der Waals surface area (Å²) in [6.45, 7) is 2.85. The van der Waals surface area contributed by atoms with Crippen molar-refractivity contribution in [3.63, 3.8) is 0 Å². The molecule has 1 saturated carbocycles. The molecule has 0 unspecified atom stereocenters. The molecule has 0 bridgehead atoms. The highest BCUT2D eigenvalue weighted by atomic mass is 19.4. The van der Waals surface area contributed by atoms with Gasteiger partial charge in [-0.15, -0.1) is 5.10 Å². The van der Waals surface area contributed by atoms with Gasteiger partial charge in [-0.25, -0.2) is 4.79 Å². The van der Waals surface area contributed by atoms with Crippen molar-refractivity contribution in [2.45, 2.75) is 31.0 Å². The van der Waals surface area contributed by atoms with Gasteiger partial charge in [-0.3, -0.25) is 4.79 Å². The maximum atomic E-state index is 12.6. The molecule has 0 aromatic carbocycles. The predicted molar refractivity (Wildman–Crippen MR) is 96.1 cm³/mol. The number of rotatable bonds is 2.